The van der Waals surface area contributed by atoms with Crippen LogP contribution in [0.3, 0.4) is 0 Å². The van der Waals surface area contributed by atoms with Crippen molar-refractivity contribution in [2.75, 3.05) is 0 Å². The average Bonchev–Trinajstić information content (AvgIpc) is 3.21. The molecule has 0 spiro atoms. The molecule has 4 aromatic rings. The van der Waals surface area contributed by atoms with Crippen LogP contribution in [-0.4, -0.2) is 29.7 Å². The molecule has 1 unspecified atom stereocenters. The van der Waals surface area contributed by atoms with Gasteiger partial charge in [-0.1, -0.05) is 42.9 Å². The Labute approximate surface area is 148 Å². The van der Waals surface area contributed by atoms with Crippen LogP contribution in [0.4, 0.5) is 0 Å². The van der Waals surface area contributed by atoms with Crippen LogP contribution in [0.1, 0.15) is 49.5 Å². The van der Waals surface area contributed by atoms with Crippen LogP contribution in [0, 0.1) is 6.92 Å². The number of benzene rings is 1. The standard InChI is InChI=1S/C17H18N6OS/c1-9(2)14-20-16(24-22-14)10(3)25-17-19-13-8-6-5-7-12(13)15-18-11(4)21-23(15)17/h5-10H,1-4H3. The van der Waals surface area contributed by atoms with Crippen molar-refractivity contribution in [1.82, 2.24) is 29.7 Å². The highest BCUT2D eigenvalue weighted by Crippen LogP contribution is 2.34. The summed E-state index contributed by atoms with van der Waals surface area (Å²) in [7, 11) is 0. The molecule has 3 aromatic heterocycles. The summed E-state index contributed by atoms with van der Waals surface area (Å²) in [6.45, 7) is 7.99. The van der Waals surface area contributed by atoms with Gasteiger partial charge in [-0.3, -0.25) is 0 Å². The third-order valence-corrected chi connectivity index (χ3v) is 4.89. The lowest BCUT2D eigenvalue weighted by atomic mass is 10.2. The molecule has 0 aliphatic heterocycles. The molecule has 1 atom stereocenters. The number of fused-ring (bicyclic) bond motifs is 3. The molecule has 4 rings (SSSR count). The lowest BCUT2D eigenvalue weighted by molar-refractivity contribution is 0.373. The van der Waals surface area contributed by atoms with E-state index >= 15 is 0 Å². The summed E-state index contributed by atoms with van der Waals surface area (Å²) >= 11 is 1.53. The van der Waals surface area contributed by atoms with Crippen LogP contribution in [0.15, 0.2) is 33.9 Å². The monoisotopic (exact) mass is 354 g/mol. The molecule has 7 nitrogen and oxygen atoms in total. The van der Waals surface area contributed by atoms with Crippen LogP contribution in [0.5, 0.6) is 0 Å². The van der Waals surface area contributed by atoms with E-state index in [0.29, 0.717) is 11.7 Å². The van der Waals surface area contributed by atoms with Gasteiger partial charge < -0.3 is 4.52 Å². The number of hydrogen-bond acceptors (Lipinski definition) is 7. The van der Waals surface area contributed by atoms with Gasteiger partial charge in [0, 0.05) is 11.3 Å². The molecule has 0 saturated carbocycles. The first-order valence-electron chi connectivity index (χ1n) is 8.15. The highest BCUT2D eigenvalue weighted by atomic mass is 32.2. The first kappa shape index (κ1) is 16.0. The third-order valence-electron chi connectivity index (χ3n) is 3.86. The van der Waals surface area contributed by atoms with E-state index < -0.39 is 0 Å². The number of hydrogen-bond donors (Lipinski definition) is 0. The molecule has 0 N–H and O–H groups in total. The molecule has 25 heavy (non-hydrogen) atoms. The predicted octanol–water partition coefficient (Wildman–Crippen LogP) is 3.95. The van der Waals surface area contributed by atoms with Crippen LogP contribution >= 0.6 is 11.8 Å². The Morgan fingerprint density at radius 3 is 2.64 bits per heavy atom. The molecule has 8 heteroatoms. The summed E-state index contributed by atoms with van der Waals surface area (Å²) in [5, 5.41) is 10.2. The molecule has 0 fully saturated rings. The third kappa shape index (κ3) is 2.86. The maximum atomic E-state index is 5.41. The van der Waals surface area contributed by atoms with Crippen molar-refractivity contribution < 1.29 is 4.52 Å². The molecule has 0 amide bonds. The van der Waals surface area contributed by atoms with Crippen molar-refractivity contribution in [3.63, 3.8) is 0 Å². The summed E-state index contributed by atoms with van der Waals surface area (Å²) in [5.74, 6) is 2.26. The van der Waals surface area contributed by atoms with Crippen LogP contribution in [0.25, 0.3) is 16.6 Å². The van der Waals surface area contributed by atoms with Gasteiger partial charge in [-0.05, 0) is 26.0 Å². The summed E-state index contributed by atoms with van der Waals surface area (Å²) in [6, 6.07) is 7.95. The van der Waals surface area contributed by atoms with Gasteiger partial charge in [0.05, 0.1) is 10.8 Å². The van der Waals surface area contributed by atoms with Crippen LogP contribution in [0.2, 0.25) is 0 Å². The Balaban J connectivity index is 1.76. The van der Waals surface area contributed by atoms with Crippen molar-refractivity contribution >= 4 is 28.3 Å². The number of rotatable bonds is 4. The van der Waals surface area contributed by atoms with Gasteiger partial charge in [-0.25, -0.2) is 9.97 Å². The lowest BCUT2D eigenvalue weighted by Gasteiger charge is -2.08. The number of para-hydroxylation sites is 1. The van der Waals surface area contributed by atoms with Crippen LogP contribution < -0.4 is 0 Å². The van der Waals surface area contributed by atoms with Gasteiger partial charge in [0.25, 0.3) is 0 Å². The van der Waals surface area contributed by atoms with Crippen molar-refractivity contribution in [1.29, 1.82) is 0 Å². The van der Waals surface area contributed by atoms with Gasteiger partial charge in [0.15, 0.2) is 16.6 Å². The fourth-order valence-electron chi connectivity index (χ4n) is 2.57. The second kappa shape index (κ2) is 6.11. The van der Waals surface area contributed by atoms with Crippen LogP contribution in [-0.2, 0) is 0 Å². The van der Waals surface area contributed by atoms with Crippen molar-refractivity contribution in [2.45, 2.75) is 44.0 Å². The molecule has 0 aliphatic carbocycles. The molecule has 128 valence electrons. The molecule has 0 aliphatic rings. The summed E-state index contributed by atoms with van der Waals surface area (Å²) in [6.07, 6.45) is 0. The van der Waals surface area contributed by atoms with E-state index in [1.807, 2.05) is 52.0 Å². The molecule has 0 radical (unpaired) electrons. The molecule has 1 aromatic carbocycles. The minimum Gasteiger partial charge on any atom is -0.338 e. The molecule has 3 heterocycles. The topological polar surface area (TPSA) is 82.0 Å². The molecular formula is C17H18N6OS. The zero-order valence-electron chi connectivity index (χ0n) is 14.5. The summed E-state index contributed by atoms with van der Waals surface area (Å²) < 4.78 is 7.20. The Bertz CT molecular complexity index is 1050. The fourth-order valence-corrected chi connectivity index (χ4v) is 3.46. The first-order valence-corrected chi connectivity index (χ1v) is 9.03. The quantitative estimate of drug-likeness (QED) is 0.405. The second-order valence-electron chi connectivity index (χ2n) is 6.21. The second-order valence-corrected chi connectivity index (χ2v) is 7.52. The molecule has 0 bridgehead atoms. The van der Waals surface area contributed by atoms with E-state index in [4.69, 9.17) is 9.51 Å². The van der Waals surface area contributed by atoms with Gasteiger partial charge in [0.2, 0.25) is 5.89 Å². The predicted molar refractivity (Wildman–Crippen MR) is 95.7 cm³/mol. The normalized spacial score (nSPS) is 13.2. The maximum absolute atomic E-state index is 5.41. The SMILES string of the molecule is Cc1nc2c3ccccc3nc(SC(C)c3nc(C(C)C)no3)n2n1. The average molecular weight is 354 g/mol. The molecule has 0 saturated heterocycles. The number of nitrogens with zero attached hydrogens (tertiary/aromatic N) is 6. The van der Waals surface area contributed by atoms with E-state index in [2.05, 4.69) is 20.2 Å². The Kier molecular flexibility index (Phi) is 3.91. The summed E-state index contributed by atoms with van der Waals surface area (Å²) in [5.41, 5.74) is 1.71. The Hall–Kier alpha value is -2.48. The first-order chi connectivity index (χ1) is 12.0. The van der Waals surface area contributed by atoms with Gasteiger partial charge in [-0.15, -0.1) is 5.10 Å². The van der Waals surface area contributed by atoms with E-state index in [0.717, 1.165) is 27.5 Å². The van der Waals surface area contributed by atoms with Gasteiger partial charge in [0.1, 0.15) is 5.82 Å². The fraction of sp³-hybridized carbons (Fsp3) is 0.353. The van der Waals surface area contributed by atoms with Crippen molar-refractivity contribution in [3.05, 3.63) is 41.8 Å². The zero-order valence-corrected chi connectivity index (χ0v) is 15.3. The number of aryl methyl sites for hydroxylation is 1. The highest BCUT2D eigenvalue weighted by molar-refractivity contribution is 7.99. The van der Waals surface area contributed by atoms with E-state index in [9.17, 15) is 0 Å². The minimum absolute atomic E-state index is 0.0404. The Morgan fingerprint density at radius 1 is 1.08 bits per heavy atom. The number of thioether (sulfide) groups is 1. The van der Waals surface area contributed by atoms with Gasteiger partial charge >= 0.3 is 0 Å². The van der Waals surface area contributed by atoms with Gasteiger partial charge in [-0.2, -0.15) is 9.50 Å². The minimum atomic E-state index is -0.0404. The highest BCUT2D eigenvalue weighted by Gasteiger charge is 2.20. The number of aromatic nitrogens is 6. The largest absolute Gasteiger partial charge is 0.338 e. The zero-order chi connectivity index (χ0) is 17.6. The van der Waals surface area contributed by atoms with E-state index in [1.165, 1.54) is 11.8 Å². The smallest absolute Gasteiger partial charge is 0.239 e. The van der Waals surface area contributed by atoms with Crippen molar-refractivity contribution in [2.24, 2.45) is 0 Å². The Morgan fingerprint density at radius 2 is 1.88 bits per heavy atom. The van der Waals surface area contributed by atoms with E-state index in [1.54, 1.807) is 4.52 Å². The van der Waals surface area contributed by atoms with Crippen molar-refractivity contribution in [3.8, 4) is 0 Å². The lowest BCUT2D eigenvalue weighted by Crippen LogP contribution is -2.00. The maximum Gasteiger partial charge on any atom is 0.239 e. The molecular weight excluding hydrogens is 336 g/mol. The summed E-state index contributed by atoms with van der Waals surface area (Å²) in [4.78, 5) is 13.8. The van der Waals surface area contributed by atoms with E-state index in [-0.39, 0.29) is 11.2 Å².